The Morgan fingerprint density at radius 1 is 1.21 bits per heavy atom. The minimum atomic E-state index is -4.98. The van der Waals surface area contributed by atoms with Crippen LogP contribution >= 0.6 is 0 Å². The Balaban J connectivity index is 2.90. The van der Waals surface area contributed by atoms with Crippen LogP contribution in [0, 0.1) is 0 Å². The molecule has 0 aliphatic rings. The Morgan fingerprint density at radius 2 is 1.79 bits per heavy atom. The fraction of sp³-hybridized carbons (Fsp3) is 0.700. The average Bonchev–Trinajstić information content (AvgIpc) is 2.62. The number of aromatic nitrogens is 2. The van der Waals surface area contributed by atoms with Crippen LogP contribution in [0.1, 0.15) is 31.6 Å². The molecular formula is C10H12F6N2O. The van der Waals surface area contributed by atoms with E-state index in [0.29, 0.717) is 10.2 Å². The van der Waals surface area contributed by atoms with Crippen molar-refractivity contribution in [2.24, 2.45) is 0 Å². The smallest absolute Gasteiger partial charge is 0.339 e. The maximum absolute atomic E-state index is 12.6. The lowest BCUT2D eigenvalue weighted by Gasteiger charge is -2.21. The second kappa shape index (κ2) is 5.40. The van der Waals surface area contributed by atoms with Crippen molar-refractivity contribution in [2.75, 3.05) is 6.61 Å². The minimum Gasteiger partial charge on any atom is -0.339 e. The molecule has 0 aliphatic carbocycles. The number of ether oxygens (including phenoxy) is 1. The fourth-order valence-electron chi connectivity index (χ4n) is 1.27. The van der Waals surface area contributed by atoms with Crippen molar-refractivity contribution in [1.82, 2.24) is 9.78 Å². The van der Waals surface area contributed by atoms with Crippen LogP contribution in [-0.4, -0.2) is 28.7 Å². The summed E-state index contributed by atoms with van der Waals surface area (Å²) in [4.78, 5) is 0. The average molecular weight is 290 g/mol. The highest BCUT2D eigenvalue weighted by atomic mass is 19.4. The SMILES string of the molecule is CC(C)c1cnn(C(OCC(F)(F)F)C(F)(F)F)c1. The molecule has 19 heavy (non-hydrogen) atoms. The van der Waals surface area contributed by atoms with E-state index >= 15 is 0 Å². The van der Waals surface area contributed by atoms with E-state index in [0.717, 1.165) is 6.20 Å². The van der Waals surface area contributed by atoms with Crippen LogP contribution in [0.2, 0.25) is 0 Å². The quantitative estimate of drug-likeness (QED) is 0.791. The Kier molecular flexibility index (Phi) is 4.49. The molecule has 0 spiro atoms. The van der Waals surface area contributed by atoms with Crippen molar-refractivity contribution < 1.29 is 31.1 Å². The van der Waals surface area contributed by atoms with E-state index in [2.05, 4.69) is 9.84 Å². The van der Waals surface area contributed by atoms with Crippen LogP contribution < -0.4 is 0 Å². The molecule has 0 bridgehead atoms. The van der Waals surface area contributed by atoms with Crippen LogP contribution in [0.5, 0.6) is 0 Å². The Hall–Kier alpha value is -1.25. The Morgan fingerprint density at radius 3 is 2.16 bits per heavy atom. The molecule has 1 atom stereocenters. The first kappa shape index (κ1) is 15.8. The summed E-state index contributed by atoms with van der Waals surface area (Å²) in [6.07, 6.45) is -10.4. The summed E-state index contributed by atoms with van der Waals surface area (Å²) in [5.74, 6) is -0.0924. The van der Waals surface area contributed by atoms with Gasteiger partial charge in [0.1, 0.15) is 6.61 Å². The van der Waals surface area contributed by atoms with Gasteiger partial charge in [0.25, 0.3) is 0 Å². The summed E-state index contributed by atoms with van der Waals surface area (Å²) in [7, 11) is 0. The van der Waals surface area contributed by atoms with Gasteiger partial charge in [-0.15, -0.1) is 0 Å². The van der Waals surface area contributed by atoms with Gasteiger partial charge in [0, 0.05) is 6.20 Å². The highest BCUT2D eigenvalue weighted by molar-refractivity contribution is 5.09. The lowest BCUT2D eigenvalue weighted by molar-refractivity contribution is -0.281. The molecule has 0 aliphatic heterocycles. The van der Waals surface area contributed by atoms with Gasteiger partial charge < -0.3 is 4.74 Å². The predicted molar refractivity (Wildman–Crippen MR) is 53.4 cm³/mol. The number of halogens is 6. The summed E-state index contributed by atoms with van der Waals surface area (Å²) in [5, 5.41) is 3.41. The molecule has 1 rings (SSSR count). The van der Waals surface area contributed by atoms with Crippen molar-refractivity contribution in [3.05, 3.63) is 18.0 Å². The Bertz CT molecular complexity index is 409. The zero-order valence-electron chi connectivity index (χ0n) is 10.1. The van der Waals surface area contributed by atoms with E-state index in [9.17, 15) is 26.3 Å². The predicted octanol–water partition coefficient (Wildman–Crippen LogP) is 3.65. The highest BCUT2D eigenvalue weighted by Gasteiger charge is 2.45. The molecule has 3 nitrogen and oxygen atoms in total. The number of rotatable bonds is 4. The van der Waals surface area contributed by atoms with E-state index in [1.54, 1.807) is 13.8 Å². The topological polar surface area (TPSA) is 27.1 Å². The highest BCUT2D eigenvalue weighted by Crippen LogP contribution is 2.33. The molecule has 0 saturated heterocycles. The third kappa shape index (κ3) is 4.73. The third-order valence-corrected chi connectivity index (χ3v) is 2.21. The van der Waals surface area contributed by atoms with E-state index in [-0.39, 0.29) is 5.92 Å². The van der Waals surface area contributed by atoms with Crippen molar-refractivity contribution in [3.8, 4) is 0 Å². The normalized spacial score (nSPS) is 15.0. The second-order valence-electron chi connectivity index (χ2n) is 4.23. The standard InChI is InChI=1S/C10H12F6N2O/c1-6(2)7-3-17-18(4-7)8(10(14,15)16)19-5-9(11,12)13/h3-4,6,8H,5H2,1-2H3. The molecule has 9 heteroatoms. The first-order valence-corrected chi connectivity index (χ1v) is 5.30. The largest absolute Gasteiger partial charge is 0.435 e. The fourth-order valence-corrected chi connectivity index (χ4v) is 1.27. The molecular weight excluding hydrogens is 278 g/mol. The van der Waals surface area contributed by atoms with E-state index in [1.165, 1.54) is 6.20 Å². The first-order valence-electron chi connectivity index (χ1n) is 5.30. The molecule has 0 N–H and O–H groups in total. The van der Waals surface area contributed by atoms with E-state index in [4.69, 9.17) is 0 Å². The van der Waals surface area contributed by atoms with Crippen LogP contribution in [0.4, 0.5) is 26.3 Å². The molecule has 0 amide bonds. The van der Waals surface area contributed by atoms with Gasteiger partial charge in [0.05, 0.1) is 6.20 Å². The van der Waals surface area contributed by atoms with Crippen LogP contribution in [0.25, 0.3) is 0 Å². The molecule has 1 aromatic rings. The summed E-state index contributed by atoms with van der Waals surface area (Å²) in [5.41, 5.74) is 0.477. The van der Waals surface area contributed by atoms with Gasteiger partial charge in [-0.25, -0.2) is 4.68 Å². The van der Waals surface area contributed by atoms with Gasteiger partial charge >= 0.3 is 12.4 Å². The summed E-state index contributed by atoms with van der Waals surface area (Å²) in [6.45, 7) is 1.45. The lowest BCUT2D eigenvalue weighted by Crippen LogP contribution is -2.32. The summed E-state index contributed by atoms with van der Waals surface area (Å²) < 4.78 is 78.0. The molecule has 0 aromatic carbocycles. The molecule has 1 unspecified atom stereocenters. The maximum atomic E-state index is 12.6. The summed E-state index contributed by atoms with van der Waals surface area (Å²) >= 11 is 0. The summed E-state index contributed by atoms with van der Waals surface area (Å²) in [6, 6.07) is 0. The van der Waals surface area contributed by atoms with Gasteiger partial charge in [0.15, 0.2) is 0 Å². The zero-order valence-corrected chi connectivity index (χ0v) is 10.1. The zero-order chi connectivity index (χ0) is 14.8. The second-order valence-corrected chi connectivity index (χ2v) is 4.23. The third-order valence-electron chi connectivity index (χ3n) is 2.21. The molecule has 1 heterocycles. The lowest BCUT2D eigenvalue weighted by atomic mass is 10.1. The van der Waals surface area contributed by atoms with Crippen LogP contribution in [0.3, 0.4) is 0 Å². The minimum absolute atomic E-state index is 0.0924. The van der Waals surface area contributed by atoms with Gasteiger partial charge in [0.2, 0.25) is 6.23 Å². The van der Waals surface area contributed by atoms with Crippen molar-refractivity contribution in [2.45, 2.75) is 38.3 Å². The molecule has 0 radical (unpaired) electrons. The van der Waals surface area contributed by atoms with Crippen LogP contribution in [-0.2, 0) is 4.74 Å². The molecule has 1 aromatic heterocycles. The molecule has 0 fully saturated rings. The van der Waals surface area contributed by atoms with Gasteiger partial charge in [-0.05, 0) is 11.5 Å². The number of hydrogen-bond acceptors (Lipinski definition) is 2. The van der Waals surface area contributed by atoms with Crippen molar-refractivity contribution in [1.29, 1.82) is 0 Å². The number of nitrogens with zero attached hydrogens (tertiary/aromatic N) is 2. The van der Waals surface area contributed by atoms with E-state index < -0.39 is 25.2 Å². The number of alkyl halides is 6. The van der Waals surface area contributed by atoms with Gasteiger partial charge in [-0.2, -0.15) is 31.4 Å². The number of hydrogen-bond donors (Lipinski definition) is 0. The first-order chi connectivity index (χ1) is 8.50. The monoisotopic (exact) mass is 290 g/mol. The molecule has 0 saturated carbocycles. The van der Waals surface area contributed by atoms with Gasteiger partial charge in [-0.3, -0.25) is 0 Å². The van der Waals surface area contributed by atoms with Crippen molar-refractivity contribution in [3.63, 3.8) is 0 Å². The Labute approximate surface area is 105 Å². The van der Waals surface area contributed by atoms with Gasteiger partial charge in [-0.1, -0.05) is 13.8 Å². The molecule has 110 valence electrons. The van der Waals surface area contributed by atoms with Crippen LogP contribution in [0.15, 0.2) is 12.4 Å². The van der Waals surface area contributed by atoms with E-state index in [1.807, 2.05) is 0 Å². The maximum Gasteiger partial charge on any atom is 0.435 e. The van der Waals surface area contributed by atoms with Crippen molar-refractivity contribution >= 4 is 0 Å².